The smallest absolute Gasteiger partial charge is 0.166 e. The number of halogens is 3. The Morgan fingerprint density at radius 3 is 2.36 bits per heavy atom. The van der Waals surface area contributed by atoms with Gasteiger partial charge in [-0.05, 0) is 24.6 Å². The predicted octanol–water partition coefficient (Wildman–Crippen LogP) is 2.81. The van der Waals surface area contributed by atoms with Crippen molar-refractivity contribution >= 4 is 0 Å². The monoisotopic (exact) mass is 159 g/mol. The second-order valence-electron chi connectivity index (χ2n) is 2.24. The fourth-order valence-electron chi connectivity index (χ4n) is 0.832. The van der Waals surface area contributed by atoms with Crippen LogP contribution in [0.5, 0.6) is 0 Å². The highest BCUT2D eigenvalue weighted by atomic mass is 19.4. The first-order valence-electron chi connectivity index (χ1n) is 3.05. The maximum absolute atomic E-state index is 12.0. The summed E-state index contributed by atoms with van der Waals surface area (Å²) in [5.41, 5.74) is -0.378. The van der Waals surface area contributed by atoms with E-state index in [0.717, 1.165) is 6.07 Å². The average molecular weight is 159 g/mol. The van der Waals surface area contributed by atoms with E-state index in [0.29, 0.717) is 0 Å². The summed E-state index contributed by atoms with van der Waals surface area (Å²) < 4.78 is 36.1. The number of aryl methyl sites for hydroxylation is 1. The van der Waals surface area contributed by atoms with Gasteiger partial charge in [0.2, 0.25) is 0 Å². The zero-order valence-electron chi connectivity index (χ0n) is 5.87. The van der Waals surface area contributed by atoms with Gasteiger partial charge in [-0.2, -0.15) is 13.2 Å². The molecule has 3 heteroatoms. The molecule has 0 aromatic heterocycles. The van der Waals surface area contributed by atoms with Crippen LogP contribution in [0.2, 0.25) is 0 Å². The van der Waals surface area contributed by atoms with Crippen molar-refractivity contribution in [1.82, 2.24) is 0 Å². The first kappa shape index (κ1) is 8.11. The van der Waals surface area contributed by atoms with Crippen LogP contribution in [0.1, 0.15) is 11.1 Å². The van der Waals surface area contributed by atoms with E-state index >= 15 is 0 Å². The summed E-state index contributed by atoms with van der Waals surface area (Å²) in [7, 11) is 0. The molecule has 1 aromatic carbocycles. The van der Waals surface area contributed by atoms with Gasteiger partial charge >= 0.3 is 6.18 Å². The Morgan fingerprint density at radius 2 is 2.00 bits per heavy atom. The van der Waals surface area contributed by atoms with Gasteiger partial charge in [0, 0.05) is 0 Å². The zero-order valence-corrected chi connectivity index (χ0v) is 5.87. The maximum Gasteiger partial charge on any atom is 0.416 e. The van der Waals surface area contributed by atoms with E-state index < -0.39 is 11.7 Å². The largest absolute Gasteiger partial charge is 0.416 e. The highest BCUT2D eigenvalue weighted by molar-refractivity contribution is 5.27. The number of rotatable bonds is 0. The minimum absolute atomic E-state index is 0.208. The molecular formula is C8H6F3. The highest BCUT2D eigenvalue weighted by Crippen LogP contribution is 2.30. The Labute approximate surface area is 62.7 Å². The molecule has 0 atom stereocenters. The van der Waals surface area contributed by atoms with Crippen LogP contribution in [0.3, 0.4) is 0 Å². The molecule has 1 radical (unpaired) electrons. The van der Waals surface area contributed by atoms with Crippen molar-refractivity contribution in [2.75, 3.05) is 0 Å². The van der Waals surface area contributed by atoms with Crippen molar-refractivity contribution in [3.63, 3.8) is 0 Å². The van der Waals surface area contributed by atoms with E-state index in [1.807, 2.05) is 0 Å². The Bertz CT molecular complexity index is 250. The minimum Gasteiger partial charge on any atom is -0.166 e. The lowest BCUT2D eigenvalue weighted by atomic mass is 10.1. The summed E-state index contributed by atoms with van der Waals surface area (Å²) in [5, 5.41) is 0. The molecule has 0 aliphatic rings. The quantitative estimate of drug-likeness (QED) is 0.546. The first-order chi connectivity index (χ1) is 5.02. The molecule has 0 saturated heterocycles. The molecule has 11 heavy (non-hydrogen) atoms. The summed E-state index contributed by atoms with van der Waals surface area (Å²) in [4.78, 5) is 0. The minimum atomic E-state index is -4.24. The predicted molar refractivity (Wildman–Crippen MR) is 35.0 cm³/mol. The van der Waals surface area contributed by atoms with E-state index in [9.17, 15) is 13.2 Å². The molecule has 0 N–H and O–H groups in total. The van der Waals surface area contributed by atoms with E-state index in [4.69, 9.17) is 0 Å². The molecule has 0 bridgehead atoms. The van der Waals surface area contributed by atoms with Gasteiger partial charge in [-0.1, -0.05) is 12.1 Å². The molecule has 0 aliphatic heterocycles. The third kappa shape index (κ3) is 1.73. The second-order valence-corrected chi connectivity index (χ2v) is 2.24. The topological polar surface area (TPSA) is 0 Å². The van der Waals surface area contributed by atoms with Crippen LogP contribution in [0.15, 0.2) is 18.2 Å². The zero-order chi connectivity index (χ0) is 8.48. The molecule has 59 valence electrons. The Balaban J connectivity index is 3.14. The third-order valence-electron chi connectivity index (χ3n) is 1.38. The Hall–Kier alpha value is -0.990. The highest BCUT2D eigenvalue weighted by Gasteiger charge is 2.31. The van der Waals surface area contributed by atoms with Gasteiger partial charge in [0.05, 0.1) is 5.56 Å². The van der Waals surface area contributed by atoms with Crippen LogP contribution in [-0.2, 0) is 6.18 Å². The van der Waals surface area contributed by atoms with Gasteiger partial charge < -0.3 is 0 Å². The van der Waals surface area contributed by atoms with Crippen molar-refractivity contribution in [2.24, 2.45) is 0 Å². The van der Waals surface area contributed by atoms with Crippen molar-refractivity contribution in [2.45, 2.75) is 13.1 Å². The standard InChI is InChI=1S/C8H6F3/c1-6-4-2-3-5-7(6)8(9,10)11/h3-5H,1H3. The third-order valence-corrected chi connectivity index (χ3v) is 1.38. The lowest BCUT2D eigenvalue weighted by molar-refractivity contribution is -0.138. The van der Waals surface area contributed by atoms with Gasteiger partial charge in [0.15, 0.2) is 0 Å². The molecule has 1 aromatic rings. The van der Waals surface area contributed by atoms with Gasteiger partial charge in [-0.3, -0.25) is 0 Å². The fourth-order valence-corrected chi connectivity index (χ4v) is 0.832. The number of hydrogen-bond acceptors (Lipinski definition) is 0. The summed E-state index contributed by atoms with van der Waals surface area (Å²) in [6, 6.07) is 6.18. The van der Waals surface area contributed by atoms with Gasteiger partial charge in [-0.15, -0.1) is 0 Å². The second kappa shape index (κ2) is 2.57. The van der Waals surface area contributed by atoms with Crippen molar-refractivity contribution in [3.05, 3.63) is 35.4 Å². The SMILES string of the molecule is Cc1c[c]ccc1C(F)(F)F. The van der Waals surface area contributed by atoms with Crippen LogP contribution in [0, 0.1) is 13.0 Å². The molecule has 0 nitrogen and oxygen atoms in total. The molecule has 0 heterocycles. The fraction of sp³-hybridized carbons (Fsp3) is 0.250. The van der Waals surface area contributed by atoms with Crippen LogP contribution >= 0.6 is 0 Å². The molecule has 0 fully saturated rings. The molecular weight excluding hydrogens is 153 g/mol. The molecule has 0 aliphatic carbocycles. The van der Waals surface area contributed by atoms with Crippen molar-refractivity contribution in [3.8, 4) is 0 Å². The molecule has 0 amide bonds. The molecule has 0 unspecified atom stereocenters. The van der Waals surface area contributed by atoms with Crippen LogP contribution in [0.4, 0.5) is 13.2 Å². The van der Waals surface area contributed by atoms with Crippen molar-refractivity contribution in [1.29, 1.82) is 0 Å². The van der Waals surface area contributed by atoms with Crippen LogP contribution in [0.25, 0.3) is 0 Å². The Kier molecular flexibility index (Phi) is 1.89. The van der Waals surface area contributed by atoms with E-state index in [2.05, 4.69) is 6.07 Å². The van der Waals surface area contributed by atoms with E-state index in [-0.39, 0.29) is 5.56 Å². The molecule has 0 saturated carbocycles. The lowest BCUT2D eigenvalue weighted by Gasteiger charge is -2.08. The number of hydrogen-bond donors (Lipinski definition) is 0. The lowest BCUT2D eigenvalue weighted by Crippen LogP contribution is -2.06. The number of benzene rings is 1. The summed E-state index contributed by atoms with van der Waals surface area (Å²) in [5.74, 6) is 0. The first-order valence-corrected chi connectivity index (χ1v) is 3.05. The Morgan fingerprint density at radius 1 is 1.36 bits per heavy atom. The van der Waals surface area contributed by atoms with Crippen LogP contribution < -0.4 is 0 Å². The van der Waals surface area contributed by atoms with Gasteiger partial charge in [0.25, 0.3) is 0 Å². The maximum atomic E-state index is 12.0. The van der Waals surface area contributed by atoms with Gasteiger partial charge in [-0.25, -0.2) is 0 Å². The molecule has 1 rings (SSSR count). The van der Waals surface area contributed by atoms with E-state index in [1.165, 1.54) is 19.1 Å². The number of alkyl halides is 3. The summed E-state index contributed by atoms with van der Waals surface area (Å²) in [6.07, 6.45) is -4.24. The van der Waals surface area contributed by atoms with E-state index in [1.54, 1.807) is 0 Å². The van der Waals surface area contributed by atoms with Crippen LogP contribution in [-0.4, -0.2) is 0 Å². The normalized spacial score (nSPS) is 11.6. The summed E-state index contributed by atoms with van der Waals surface area (Å²) >= 11 is 0. The molecule has 0 spiro atoms. The summed E-state index contributed by atoms with van der Waals surface area (Å²) in [6.45, 7) is 1.42. The average Bonchev–Trinajstić information content (AvgIpc) is 1.86. The van der Waals surface area contributed by atoms with Gasteiger partial charge in [0.1, 0.15) is 0 Å². The van der Waals surface area contributed by atoms with Crippen molar-refractivity contribution < 1.29 is 13.2 Å².